The van der Waals surface area contributed by atoms with Gasteiger partial charge in [0, 0.05) is 55.0 Å². The van der Waals surface area contributed by atoms with Gasteiger partial charge in [-0.3, -0.25) is 24.2 Å². The van der Waals surface area contributed by atoms with Crippen molar-refractivity contribution in [2.75, 3.05) is 19.7 Å². The number of rotatable bonds is 2. The van der Waals surface area contributed by atoms with Crippen molar-refractivity contribution in [2.24, 2.45) is 0 Å². The van der Waals surface area contributed by atoms with Gasteiger partial charge in [0.25, 0.3) is 5.91 Å². The van der Waals surface area contributed by atoms with Crippen LogP contribution in [-0.2, 0) is 32.1 Å². The average molecular weight is 542 g/mol. The van der Waals surface area contributed by atoms with Crippen LogP contribution in [0.3, 0.4) is 0 Å². The molecule has 1 saturated heterocycles. The predicted octanol–water partition coefficient (Wildman–Crippen LogP) is 1.75. The number of ether oxygens (including phenoxy) is 1. The van der Waals surface area contributed by atoms with Crippen molar-refractivity contribution in [1.29, 1.82) is 0 Å². The quantitative estimate of drug-likeness (QED) is 0.531. The molecule has 4 amide bonds. The zero-order valence-electron chi connectivity index (χ0n) is 21.1. The second-order valence-electron chi connectivity index (χ2n) is 9.40. The summed E-state index contributed by atoms with van der Waals surface area (Å²) >= 11 is 6.17. The summed E-state index contributed by atoms with van der Waals surface area (Å²) < 4.78 is 5.69. The Kier molecular flexibility index (Phi) is 9.53. The Morgan fingerprint density at radius 1 is 1.03 bits per heavy atom. The highest BCUT2D eigenvalue weighted by molar-refractivity contribution is 6.30. The minimum absolute atomic E-state index is 0.114. The van der Waals surface area contributed by atoms with Gasteiger partial charge < -0.3 is 25.6 Å². The molecule has 2 aromatic rings. The first kappa shape index (κ1) is 27.4. The van der Waals surface area contributed by atoms with E-state index in [2.05, 4.69) is 20.9 Å². The number of fused-ring (bicyclic) bond motifs is 2. The molecule has 0 bridgehead atoms. The number of carbonyl (C=O) groups excluding carboxylic acids is 4. The van der Waals surface area contributed by atoms with Gasteiger partial charge in [0.15, 0.2) is 6.61 Å². The van der Waals surface area contributed by atoms with Crippen LogP contribution in [0.1, 0.15) is 43.4 Å². The molecular formula is C27H32ClN5O5. The minimum Gasteiger partial charge on any atom is -0.483 e. The summed E-state index contributed by atoms with van der Waals surface area (Å²) in [5.74, 6) is -0.731. The van der Waals surface area contributed by atoms with E-state index >= 15 is 0 Å². The highest BCUT2D eigenvalue weighted by Crippen LogP contribution is 2.24. The zero-order valence-corrected chi connectivity index (χ0v) is 21.8. The molecule has 1 aromatic carbocycles. The molecule has 0 aliphatic carbocycles. The number of hydrogen-bond acceptors (Lipinski definition) is 6. The van der Waals surface area contributed by atoms with Crippen molar-refractivity contribution in [3.63, 3.8) is 0 Å². The first-order valence-electron chi connectivity index (χ1n) is 12.9. The molecule has 11 heteroatoms. The van der Waals surface area contributed by atoms with E-state index in [0.717, 1.165) is 0 Å². The molecule has 3 N–H and O–H groups in total. The normalized spacial score (nSPS) is 22.0. The maximum atomic E-state index is 13.7. The second-order valence-corrected chi connectivity index (χ2v) is 9.84. The number of pyridine rings is 1. The minimum atomic E-state index is -0.847. The van der Waals surface area contributed by atoms with Gasteiger partial charge in [-0.05, 0) is 56.0 Å². The van der Waals surface area contributed by atoms with Crippen molar-refractivity contribution in [1.82, 2.24) is 25.8 Å². The van der Waals surface area contributed by atoms with Gasteiger partial charge >= 0.3 is 0 Å². The number of hydrogen-bond donors (Lipinski definition) is 3. The summed E-state index contributed by atoms with van der Waals surface area (Å²) in [6.45, 7) is 0.738. The van der Waals surface area contributed by atoms with Crippen LogP contribution < -0.4 is 20.7 Å². The molecule has 4 rings (SSSR count). The monoisotopic (exact) mass is 541 g/mol. The molecule has 1 aromatic heterocycles. The van der Waals surface area contributed by atoms with Crippen molar-refractivity contribution < 1.29 is 23.9 Å². The summed E-state index contributed by atoms with van der Waals surface area (Å²) in [5, 5.41) is 8.99. The van der Waals surface area contributed by atoms with Gasteiger partial charge in [-0.25, -0.2) is 0 Å². The van der Waals surface area contributed by atoms with Crippen LogP contribution >= 0.6 is 11.6 Å². The smallest absolute Gasteiger partial charge is 0.257 e. The van der Waals surface area contributed by atoms with Gasteiger partial charge in [0.2, 0.25) is 17.7 Å². The van der Waals surface area contributed by atoms with Gasteiger partial charge in [0.1, 0.15) is 17.8 Å². The molecule has 3 heterocycles. The van der Waals surface area contributed by atoms with Crippen LogP contribution in [0.4, 0.5) is 0 Å². The zero-order chi connectivity index (χ0) is 26.9. The molecule has 2 atom stereocenters. The standard InChI is InChI=1S/C27H32ClN5O5/c28-19-9-10-23-18(14-19)16-31-26(36)22-7-5-13-33(22)27(37)21(15-20-6-1-3-11-29-20)32-24(34)8-2-4-12-30-25(35)17-38-23/h1,3,6,9-11,14,21-22H,2,4-5,7-8,12-13,15-17H2,(H,30,35)(H,31,36)(H,32,34)/t21?,22-/m0/s1. The van der Waals surface area contributed by atoms with Gasteiger partial charge in [-0.15, -0.1) is 0 Å². The Bertz CT molecular complexity index is 1160. The fraction of sp³-hybridized carbons (Fsp3) is 0.444. The number of carbonyl (C=O) groups is 4. The highest BCUT2D eigenvalue weighted by Gasteiger charge is 2.37. The van der Waals surface area contributed by atoms with Crippen molar-refractivity contribution in [3.05, 3.63) is 58.9 Å². The number of nitrogens with one attached hydrogen (secondary N) is 3. The average Bonchev–Trinajstić information content (AvgIpc) is 3.40. The molecule has 2 aliphatic heterocycles. The molecule has 1 unspecified atom stereocenters. The third kappa shape index (κ3) is 7.44. The van der Waals surface area contributed by atoms with Crippen molar-refractivity contribution in [2.45, 2.75) is 57.2 Å². The fourth-order valence-electron chi connectivity index (χ4n) is 4.66. The summed E-state index contributed by atoms with van der Waals surface area (Å²) in [6, 6.07) is 8.88. The van der Waals surface area contributed by atoms with Crippen LogP contribution in [0.2, 0.25) is 5.02 Å². The maximum Gasteiger partial charge on any atom is 0.257 e. The van der Waals surface area contributed by atoms with Crippen molar-refractivity contribution in [3.8, 4) is 5.75 Å². The first-order chi connectivity index (χ1) is 18.4. The van der Waals surface area contributed by atoms with E-state index in [-0.39, 0.29) is 49.6 Å². The van der Waals surface area contributed by atoms with E-state index in [0.29, 0.717) is 60.8 Å². The first-order valence-corrected chi connectivity index (χ1v) is 13.2. The number of amides is 4. The van der Waals surface area contributed by atoms with E-state index < -0.39 is 12.1 Å². The number of nitrogens with zero attached hydrogens (tertiary/aromatic N) is 2. The molecule has 1 fully saturated rings. The topological polar surface area (TPSA) is 130 Å². The SMILES string of the molecule is O=C1COc2ccc(Cl)cc2CNC(=O)[C@@H]2CCCN2C(=O)C(Cc2ccccn2)NC(=O)CCCCN1. The molecule has 2 aliphatic rings. The van der Waals surface area contributed by atoms with E-state index in [1.807, 2.05) is 6.07 Å². The summed E-state index contributed by atoms with van der Waals surface area (Å²) in [6.07, 6.45) is 4.38. The second kappa shape index (κ2) is 13.2. The Morgan fingerprint density at radius 2 is 1.89 bits per heavy atom. The lowest BCUT2D eigenvalue weighted by atomic mass is 10.1. The van der Waals surface area contributed by atoms with E-state index in [9.17, 15) is 19.2 Å². The lowest BCUT2D eigenvalue weighted by molar-refractivity contribution is -0.141. The Morgan fingerprint density at radius 3 is 2.71 bits per heavy atom. The molecule has 0 saturated carbocycles. The molecule has 38 heavy (non-hydrogen) atoms. The maximum absolute atomic E-state index is 13.7. The Labute approximate surface area is 226 Å². The Hall–Kier alpha value is -3.66. The molecule has 10 nitrogen and oxygen atoms in total. The summed E-state index contributed by atoms with van der Waals surface area (Å²) in [7, 11) is 0. The fourth-order valence-corrected chi connectivity index (χ4v) is 4.85. The lowest BCUT2D eigenvalue weighted by Gasteiger charge is -2.29. The number of aromatic nitrogens is 1. The summed E-state index contributed by atoms with van der Waals surface area (Å²) in [4.78, 5) is 57.7. The molecule has 202 valence electrons. The van der Waals surface area contributed by atoms with Crippen LogP contribution in [0.25, 0.3) is 0 Å². The van der Waals surface area contributed by atoms with Crippen LogP contribution in [0, 0.1) is 0 Å². The molecular weight excluding hydrogens is 510 g/mol. The predicted molar refractivity (Wildman–Crippen MR) is 140 cm³/mol. The molecule has 0 spiro atoms. The number of benzene rings is 1. The van der Waals surface area contributed by atoms with Gasteiger partial charge in [0.05, 0.1) is 0 Å². The lowest BCUT2D eigenvalue weighted by Crippen LogP contribution is -2.54. The van der Waals surface area contributed by atoms with E-state index in [4.69, 9.17) is 16.3 Å². The molecule has 0 radical (unpaired) electrons. The third-order valence-electron chi connectivity index (χ3n) is 6.60. The van der Waals surface area contributed by atoms with Crippen molar-refractivity contribution >= 4 is 35.2 Å². The Balaban J connectivity index is 1.56. The van der Waals surface area contributed by atoms with Gasteiger partial charge in [-0.2, -0.15) is 0 Å². The van der Waals surface area contributed by atoms with E-state index in [1.54, 1.807) is 41.4 Å². The van der Waals surface area contributed by atoms with Crippen LogP contribution in [-0.4, -0.2) is 65.3 Å². The summed E-state index contributed by atoms with van der Waals surface area (Å²) in [5.41, 5.74) is 1.29. The highest BCUT2D eigenvalue weighted by atomic mass is 35.5. The largest absolute Gasteiger partial charge is 0.483 e. The third-order valence-corrected chi connectivity index (χ3v) is 6.83. The van der Waals surface area contributed by atoms with Crippen LogP contribution in [0.15, 0.2) is 42.6 Å². The van der Waals surface area contributed by atoms with Gasteiger partial charge in [-0.1, -0.05) is 17.7 Å². The van der Waals surface area contributed by atoms with E-state index in [1.165, 1.54) is 0 Å². The number of halogens is 1. The van der Waals surface area contributed by atoms with Crippen LogP contribution in [0.5, 0.6) is 5.75 Å².